The summed E-state index contributed by atoms with van der Waals surface area (Å²) in [6.07, 6.45) is 53.0. The van der Waals surface area contributed by atoms with Crippen LogP contribution in [-0.2, 0) is 23.7 Å². The summed E-state index contributed by atoms with van der Waals surface area (Å²) in [5.74, 6) is -0.276. The minimum Gasteiger partial charge on any atom is -0.394 e. The van der Waals surface area contributed by atoms with Crippen LogP contribution in [0.5, 0.6) is 0 Å². The number of ether oxygens (including phenoxy) is 4. The van der Waals surface area contributed by atoms with Crippen molar-refractivity contribution in [2.45, 2.75) is 293 Å². The van der Waals surface area contributed by atoms with E-state index in [2.05, 4.69) is 104 Å². The highest BCUT2D eigenvalue weighted by Gasteiger charge is 2.51. The van der Waals surface area contributed by atoms with Gasteiger partial charge in [-0.3, -0.25) is 4.79 Å². The highest BCUT2D eigenvalue weighted by Crippen LogP contribution is 2.30. The lowest BCUT2D eigenvalue weighted by Crippen LogP contribution is -2.65. The minimum absolute atomic E-state index is 0.238. The molecule has 0 aliphatic carbocycles. The maximum absolute atomic E-state index is 13.3. The molecule has 2 aliphatic rings. The van der Waals surface area contributed by atoms with Crippen LogP contribution in [0.4, 0.5) is 0 Å². The number of amides is 1. The van der Waals surface area contributed by atoms with Crippen LogP contribution in [0.3, 0.4) is 0 Å². The van der Waals surface area contributed by atoms with Crippen molar-refractivity contribution < 1.29 is 64.6 Å². The summed E-state index contributed by atoms with van der Waals surface area (Å²) in [6, 6.07) is -0.953. The molecule has 2 saturated heterocycles. The first-order valence-electron chi connectivity index (χ1n) is 31.5. The van der Waals surface area contributed by atoms with Crippen molar-refractivity contribution in [3.8, 4) is 0 Å². The molecule has 2 rings (SSSR count). The lowest BCUT2D eigenvalue weighted by atomic mass is 9.97. The first-order valence-corrected chi connectivity index (χ1v) is 31.5. The molecule has 1 amide bonds. The van der Waals surface area contributed by atoms with E-state index in [0.29, 0.717) is 12.8 Å². The number of aliphatic hydroxyl groups excluding tert-OH is 8. The van der Waals surface area contributed by atoms with Crippen molar-refractivity contribution in [3.05, 3.63) is 97.2 Å². The number of hydrogen-bond donors (Lipinski definition) is 9. The Hall–Kier alpha value is -3.09. The molecule has 0 radical (unpaired) electrons. The van der Waals surface area contributed by atoms with Gasteiger partial charge in [-0.15, -0.1) is 0 Å². The average molecular weight is 1130 g/mol. The van der Waals surface area contributed by atoms with E-state index < -0.39 is 86.8 Å². The number of hydrogen-bond acceptors (Lipinski definition) is 13. The molecule has 0 aromatic carbocycles. The van der Waals surface area contributed by atoms with E-state index in [-0.39, 0.29) is 18.9 Å². The van der Waals surface area contributed by atoms with Gasteiger partial charge in [0.2, 0.25) is 5.91 Å². The number of carbonyl (C=O) groups excluding carboxylic acids is 1. The summed E-state index contributed by atoms with van der Waals surface area (Å²) in [5, 5.41) is 87.2. The van der Waals surface area contributed by atoms with E-state index in [1.165, 1.54) is 109 Å². The average Bonchev–Trinajstić information content (AvgIpc) is 3.46. The van der Waals surface area contributed by atoms with Gasteiger partial charge in [0.15, 0.2) is 12.6 Å². The van der Waals surface area contributed by atoms with E-state index in [1.807, 2.05) is 6.08 Å². The Kier molecular flexibility index (Phi) is 46.0. The zero-order chi connectivity index (χ0) is 58.1. The molecule has 14 heteroatoms. The fraction of sp³-hybridized carbons (Fsp3) is 0.742. The van der Waals surface area contributed by atoms with E-state index in [0.717, 1.165) is 77.0 Å². The van der Waals surface area contributed by atoms with Gasteiger partial charge in [0.25, 0.3) is 0 Å². The second-order valence-electron chi connectivity index (χ2n) is 21.8. The fourth-order valence-electron chi connectivity index (χ4n) is 9.72. The Bertz CT molecular complexity index is 1710. The molecule has 9 N–H and O–H groups in total. The summed E-state index contributed by atoms with van der Waals surface area (Å²) in [6.45, 7) is 2.65. The third-order valence-electron chi connectivity index (χ3n) is 14.8. The van der Waals surface area contributed by atoms with Crippen LogP contribution >= 0.6 is 0 Å². The van der Waals surface area contributed by atoms with Gasteiger partial charge in [-0.25, -0.2) is 0 Å². The van der Waals surface area contributed by atoms with Gasteiger partial charge in [0.05, 0.1) is 32.0 Å². The van der Waals surface area contributed by atoms with Gasteiger partial charge >= 0.3 is 0 Å². The molecule has 460 valence electrons. The van der Waals surface area contributed by atoms with Crippen LogP contribution in [0, 0.1) is 0 Å². The quantitative estimate of drug-likeness (QED) is 0.0204. The molecule has 0 bridgehead atoms. The second kappa shape index (κ2) is 50.4. The number of rotatable bonds is 49. The summed E-state index contributed by atoms with van der Waals surface area (Å²) in [7, 11) is 0. The number of allylic oxidation sites excluding steroid dienone is 15. The van der Waals surface area contributed by atoms with Gasteiger partial charge in [0.1, 0.15) is 48.8 Å². The molecule has 14 nitrogen and oxygen atoms in total. The largest absolute Gasteiger partial charge is 0.394 e. The van der Waals surface area contributed by atoms with Crippen molar-refractivity contribution in [3.63, 3.8) is 0 Å². The zero-order valence-corrected chi connectivity index (χ0v) is 49.5. The predicted octanol–water partition coefficient (Wildman–Crippen LogP) is 11.4. The molecule has 0 spiro atoms. The van der Waals surface area contributed by atoms with Crippen LogP contribution in [0.25, 0.3) is 0 Å². The number of carbonyl (C=O) groups is 1. The third-order valence-corrected chi connectivity index (χ3v) is 14.8. The maximum Gasteiger partial charge on any atom is 0.220 e. The van der Waals surface area contributed by atoms with Crippen LogP contribution in [0.2, 0.25) is 0 Å². The summed E-state index contributed by atoms with van der Waals surface area (Å²) < 4.78 is 22.8. The maximum atomic E-state index is 13.3. The molecule has 2 fully saturated rings. The van der Waals surface area contributed by atoms with Gasteiger partial charge in [-0.05, 0) is 83.5 Å². The van der Waals surface area contributed by atoms with Crippen LogP contribution in [-0.4, -0.2) is 140 Å². The van der Waals surface area contributed by atoms with Crippen molar-refractivity contribution >= 4 is 5.91 Å². The Morgan fingerprint density at radius 1 is 0.463 bits per heavy atom. The second-order valence-corrected chi connectivity index (χ2v) is 21.8. The molecular weight excluding hydrogens is 1010 g/mol. The Balaban J connectivity index is 1.78. The van der Waals surface area contributed by atoms with Gasteiger partial charge in [-0.1, -0.05) is 227 Å². The molecular formula is C66H113NO13. The van der Waals surface area contributed by atoms with Crippen LogP contribution < -0.4 is 5.32 Å². The molecule has 12 atom stereocenters. The van der Waals surface area contributed by atoms with E-state index in [1.54, 1.807) is 6.08 Å². The predicted molar refractivity (Wildman–Crippen MR) is 323 cm³/mol. The Morgan fingerprint density at radius 2 is 0.875 bits per heavy atom. The van der Waals surface area contributed by atoms with Gasteiger partial charge in [-0.2, -0.15) is 0 Å². The van der Waals surface area contributed by atoms with E-state index in [4.69, 9.17) is 18.9 Å². The monoisotopic (exact) mass is 1130 g/mol. The number of nitrogens with one attached hydrogen (secondary N) is 1. The highest BCUT2D eigenvalue weighted by atomic mass is 16.7. The SMILES string of the molecule is CC/C=C\C/C=C\C/C=C\C/C=C\C/C=C\C/C=C\CCCCCCC(=O)NC(COC1OC(CO)C(OC2OC(CO)C(O)C(O)C2O)C(O)C1O)C(O)/C=C/CC/C=C/CCCCCCCCCCCCCCCCCCC. The zero-order valence-electron chi connectivity index (χ0n) is 49.5. The van der Waals surface area contributed by atoms with Crippen molar-refractivity contribution in [2.24, 2.45) is 0 Å². The van der Waals surface area contributed by atoms with Gasteiger partial charge in [0, 0.05) is 6.42 Å². The van der Waals surface area contributed by atoms with Crippen LogP contribution in [0.1, 0.15) is 219 Å². The van der Waals surface area contributed by atoms with Crippen molar-refractivity contribution in [1.29, 1.82) is 0 Å². The molecule has 0 aromatic heterocycles. The molecule has 2 heterocycles. The molecule has 0 saturated carbocycles. The fourth-order valence-corrected chi connectivity index (χ4v) is 9.72. The number of aliphatic hydroxyl groups is 8. The van der Waals surface area contributed by atoms with Gasteiger partial charge < -0.3 is 65.1 Å². The topological polar surface area (TPSA) is 228 Å². The summed E-state index contributed by atoms with van der Waals surface area (Å²) >= 11 is 0. The molecule has 80 heavy (non-hydrogen) atoms. The highest BCUT2D eigenvalue weighted by molar-refractivity contribution is 5.76. The number of unbranched alkanes of at least 4 members (excludes halogenated alkanes) is 22. The normalized spacial score (nSPS) is 24.9. The first kappa shape index (κ1) is 73.0. The lowest BCUT2D eigenvalue weighted by Gasteiger charge is -2.46. The van der Waals surface area contributed by atoms with E-state index in [9.17, 15) is 45.6 Å². The smallest absolute Gasteiger partial charge is 0.220 e. The summed E-state index contributed by atoms with van der Waals surface area (Å²) in [4.78, 5) is 13.3. The van der Waals surface area contributed by atoms with Crippen LogP contribution in [0.15, 0.2) is 97.2 Å². The van der Waals surface area contributed by atoms with E-state index >= 15 is 0 Å². The third kappa shape index (κ3) is 35.1. The lowest BCUT2D eigenvalue weighted by molar-refractivity contribution is -0.359. The molecule has 0 aromatic rings. The Morgan fingerprint density at radius 3 is 1.38 bits per heavy atom. The Labute approximate surface area is 483 Å². The first-order chi connectivity index (χ1) is 39.1. The standard InChI is InChI=1S/C66H113NO13/c1-3-5-7-9-11-13-15-17-19-21-23-25-27-29-31-33-35-37-39-41-43-45-47-49-55(70)54(53-77-65-63(76)61(74)64(57(52-69)79-65)80-66-62(75)60(73)59(72)56(51-68)78-66)67-58(71)50-48-46-44-42-40-38-36-34-32-30-28-26-24-22-20-18-16-14-12-10-8-6-4-2/h6,8,12,14,18,20,24,26,30,32,36,38-39,41,47,49,54-57,59-66,68-70,72-76H,3-5,7,9-11,13,15-17,19,21-23,25,27-29,31,33-35,37,40,42-46,48,50-53H2,1-2H3,(H,67,71)/b8-6-,14-12-,20-18-,26-24-,32-30-,38-36-,41-39+,49-47+. The minimum atomic E-state index is -1.80. The van der Waals surface area contributed by atoms with Crippen molar-refractivity contribution in [1.82, 2.24) is 5.32 Å². The van der Waals surface area contributed by atoms with Crippen molar-refractivity contribution in [2.75, 3.05) is 19.8 Å². The molecule has 2 aliphatic heterocycles. The molecule has 12 unspecified atom stereocenters. The summed E-state index contributed by atoms with van der Waals surface area (Å²) in [5.41, 5.74) is 0.